The number of pyridine rings is 1. The van der Waals surface area contributed by atoms with E-state index in [2.05, 4.69) is 28.3 Å². The van der Waals surface area contributed by atoms with E-state index < -0.39 is 0 Å². The zero-order chi connectivity index (χ0) is 18.4. The zero-order valence-corrected chi connectivity index (χ0v) is 15.9. The molecular weight excluding hydrogens is 346 g/mol. The highest BCUT2D eigenvalue weighted by Gasteiger charge is 2.09. The summed E-state index contributed by atoms with van der Waals surface area (Å²) in [6.07, 6.45) is 4.87. The summed E-state index contributed by atoms with van der Waals surface area (Å²) in [6.45, 7) is 4.28. The van der Waals surface area contributed by atoms with Crippen LogP contribution in [-0.4, -0.2) is 40.4 Å². The van der Waals surface area contributed by atoms with Crippen LogP contribution in [0.5, 0.6) is 0 Å². The second-order valence-corrected chi connectivity index (χ2v) is 6.54. The van der Waals surface area contributed by atoms with Gasteiger partial charge < -0.3 is 14.6 Å². The maximum Gasteiger partial charge on any atom is 0.193 e. The predicted octanol–water partition coefficient (Wildman–Crippen LogP) is 3.63. The number of aliphatic imine (C=N–C) groups is 1. The summed E-state index contributed by atoms with van der Waals surface area (Å²) in [5.74, 6) is 0.871. The van der Waals surface area contributed by atoms with Crippen LogP contribution >= 0.6 is 11.6 Å². The Hall–Kier alpha value is -2.53. The van der Waals surface area contributed by atoms with Gasteiger partial charge >= 0.3 is 0 Å². The summed E-state index contributed by atoms with van der Waals surface area (Å²) in [7, 11) is 2.02. The molecule has 3 aromatic rings. The highest BCUT2D eigenvalue weighted by Crippen LogP contribution is 2.16. The quantitative estimate of drug-likeness (QED) is 0.533. The highest BCUT2D eigenvalue weighted by atomic mass is 35.5. The summed E-state index contributed by atoms with van der Waals surface area (Å²) in [5.41, 5.74) is 3.10. The summed E-state index contributed by atoms with van der Waals surface area (Å²) in [6, 6.07) is 13.9. The summed E-state index contributed by atoms with van der Waals surface area (Å²) >= 11 is 6.28. The van der Waals surface area contributed by atoms with Gasteiger partial charge in [-0.1, -0.05) is 35.9 Å². The fourth-order valence-electron chi connectivity index (χ4n) is 2.81. The molecule has 0 aliphatic rings. The van der Waals surface area contributed by atoms with Crippen LogP contribution in [0, 0.1) is 0 Å². The minimum absolute atomic E-state index is 0.680. The van der Waals surface area contributed by atoms with Crippen molar-refractivity contribution in [3.8, 4) is 0 Å². The third kappa shape index (κ3) is 4.55. The van der Waals surface area contributed by atoms with Gasteiger partial charge in [-0.25, -0.2) is 4.98 Å². The van der Waals surface area contributed by atoms with Crippen LogP contribution in [-0.2, 0) is 13.0 Å². The lowest BCUT2D eigenvalue weighted by Crippen LogP contribution is -2.38. The van der Waals surface area contributed by atoms with Gasteiger partial charge in [0.15, 0.2) is 5.96 Å². The second-order valence-electron chi connectivity index (χ2n) is 6.13. The lowest BCUT2D eigenvalue weighted by molar-refractivity contribution is 0.477. The van der Waals surface area contributed by atoms with E-state index in [4.69, 9.17) is 16.6 Å². The average molecular weight is 370 g/mol. The number of benzene rings is 1. The number of guanidine groups is 1. The van der Waals surface area contributed by atoms with Crippen LogP contribution in [0.2, 0.25) is 5.02 Å². The molecule has 0 atom stereocenters. The molecule has 3 rings (SSSR count). The Morgan fingerprint density at radius 2 is 2.04 bits per heavy atom. The van der Waals surface area contributed by atoms with E-state index in [0.717, 1.165) is 40.9 Å². The van der Waals surface area contributed by atoms with E-state index in [-0.39, 0.29) is 0 Å². The van der Waals surface area contributed by atoms with E-state index >= 15 is 0 Å². The minimum atomic E-state index is 0.680. The molecule has 0 aliphatic heterocycles. The summed E-state index contributed by atoms with van der Waals surface area (Å²) in [4.78, 5) is 11.5. The minimum Gasteiger partial charge on any atom is -0.357 e. The van der Waals surface area contributed by atoms with Gasteiger partial charge in [0.25, 0.3) is 0 Å². The molecule has 1 N–H and O–H groups in total. The molecule has 5 nitrogen and oxygen atoms in total. The fraction of sp³-hybridized carbons (Fsp3) is 0.300. The molecule has 2 heterocycles. The van der Waals surface area contributed by atoms with E-state index in [1.165, 1.54) is 0 Å². The smallest absolute Gasteiger partial charge is 0.193 e. The third-order valence-electron chi connectivity index (χ3n) is 4.11. The van der Waals surface area contributed by atoms with Gasteiger partial charge in [-0.05, 0) is 30.7 Å². The topological polar surface area (TPSA) is 44.9 Å². The Morgan fingerprint density at radius 1 is 1.23 bits per heavy atom. The van der Waals surface area contributed by atoms with Crippen molar-refractivity contribution in [2.75, 3.05) is 20.1 Å². The molecule has 0 bridgehead atoms. The SMILES string of the molecule is CCNC(=NCCc1cn2ccccc2n1)N(C)Cc1ccccc1Cl. The van der Waals surface area contributed by atoms with Crippen molar-refractivity contribution in [2.24, 2.45) is 4.99 Å². The molecule has 26 heavy (non-hydrogen) atoms. The second kappa shape index (κ2) is 8.72. The molecule has 1 aromatic carbocycles. The van der Waals surface area contributed by atoms with Gasteiger partial charge in [-0.15, -0.1) is 0 Å². The van der Waals surface area contributed by atoms with Crippen molar-refractivity contribution >= 4 is 23.2 Å². The molecule has 2 aromatic heterocycles. The first-order chi connectivity index (χ1) is 12.7. The van der Waals surface area contributed by atoms with Crippen LogP contribution in [0.15, 0.2) is 59.9 Å². The van der Waals surface area contributed by atoms with Gasteiger partial charge in [-0.2, -0.15) is 0 Å². The maximum absolute atomic E-state index is 6.28. The normalized spacial score (nSPS) is 11.7. The number of nitrogens with one attached hydrogen (secondary N) is 1. The van der Waals surface area contributed by atoms with Gasteiger partial charge in [0.1, 0.15) is 5.65 Å². The van der Waals surface area contributed by atoms with E-state index in [0.29, 0.717) is 13.1 Å². The van der Waals surface area contributed by atoms with E-state index in [1.807, 2.05) is 60.1 Å². The van der Waals surface area contributed by atoms with Gasteiger partial charge in [0.05, 0.1) is 5.69 Å². The Labute approximate surface area is 159 Å². The van der Waals surface area contributed by atoms with Crippen molar-refractivity contribution in [1.29, 1.82) is 0 Å². The maximum atomic E-state index is 6.28. The number of aromatic nitrogens is 2. The number of halogens is 1. The first-order valence-electron chi connectivity index (χ1n) is 8.83. The third-order valence-corrected chi connectivity index (χ3v) is 4.47. The zero-order valence-electron chi connectivity index (χ0n) is 15.2. The van der Waals surface area contributed by atoms with Crippen LogP contribution in [0.1, 0.15) is 18.2 Å². The molecule has 0 amide bonds. The van der Waals surface area contributed by atoms with Crippen molar-refractivity contribution in [3.63, 3.8) is 0 Å². The first kappa shape index (κ1) is 18.3. The molecule has 0 unspecified atom stereocenters. The van der Waals surface area contributed by atoms with Crippen LogP contribution in [0.4, 0.5) is 0 Å². The van der Waals surface area contributed by atoms with Crippen molar-refractivity contribution < 1.29 is 0 Å². The number of hydrogen-bond donors (Lipinski definition) is 1. The van der Waals surface area contributed by atoms with Crippen molar-refractivity contribution in [1.82, 2.24) is 19.6 Å². The van der Waals surface area contributed by atoms with E-state index in [1.54, 1.807) is 0 Å². The Kier molecular flexibility index (Phi) is 6.12. The Balaban J connectivity index is 1.65. The number of rotatable bonds is 6. The lowest BCUT2D eigenvalue weighted by atomic mass is 10.2. The van der Waals surface area contributed by atoms with Crippen molar-refractivity contribution in [2.45, 2.75) is 19.9 Å². The van der Waals surface area contributed by atoms with Crippen molar-refractivity contribution in [3.05, 3.63) is 71.1 Å². The Bertz CT molecular complexity index is 854. The number of imidazole rings is 1. The monoisotopic (exact) mass is 369 g/mol. The Morgan fingerprint density at radius 3 is 2.81 bits per heavy atom. The molecule has 0 radical (unpaired) electrons. The van der Waals surface area contributed by atoms with Gasteiger partial charge in [-0.3, -0.25) is 4.99 Å². The molecule has 0 saturated heterocycles. The van der Waals surface area contributed by atoms with Crippen LogP contribution in [0.25, 0.3) is 5.65 Å². The lowest BCUT2D eigenvalue weighted by Gasteiger charge is -2.22. The summed E-state index contributed by atoms with van der Waals surface area (Å²) < 4.78 is 2.04. The highest BCUT2D eigenvalue weighted by molar-refractivity contribution is 6.31. The molecule has 0 aliphatic carbocycles. The first-order valence-corrected chi connectivity index (χ1v) is 9.20. The molecular formula is C20H24ClN5. The fourth-order valence-corrected chi connectivity index (χ4v) is 3.01. The number of hydrogen-bond acceptors (Lipinski definition) is 2. The largest absolute Gasteiger partial charge is 0.357 e. The van der Waals surface area contributed by atoms with Crippen LogP contribution in [0.3, 0.4) is 0 Å². The number of fused-ring (bicyclic) bond motifs is 1. The molecule has 0 spiro atoms. The molecule has 6 heteroatoms. The molecule has 136 valence electrons. The van der Waals surface area contributed by atoms with Crippen LogP contribution < -0.4 is 5.32 Å². The molecule has 0 saturated carbocycles. The van der Waals surface area contributed by atoms with E-state index in [9.17, 15) is 0 Å². The molecule has 0 fully saturated rings. The van der Waals surface area contributed by atoms with Gasteiger partial charge in [0, 0.05) is 50.5 Å². The average Bonchev–Trinajstić information content (AvgIpc) is 3.05. The predicted molar refractivity (Wildman–Crippen MR) is 108 cm³/mol. The van der Waals surface area contributed by atoms with Gasteiger partial charge in [0.2, 0.25) is 0 Å². The summed E-state index contributed by atoms with van der Waals surface area (Å²) in [5, 5.41) is 4.12. The number of nitrogens with zero attached hydrogens (tertiary/aromatic N) is 4. The standard InChI is InChI=1S/C20H24ClN5/c1-3-22-20(25(2)14-16-8-4-5-9-18(16)21)23-12-11-17-15-26-13-7-6-10-19(26)24-17/h4-10,13,15H,3,11-12,14H2,1-2H3,(H,22,23).